The summed E-state index contributed by atoms with van der Waals surface area (Å²) in [4.78, 5) is 14.7. The van der Waals surface area contributed by atoms with Gasteiger partial charge >= 0.3 is 0 Å². The highest BCUT2D eigenvalue weighted by atomic mass is 16.1. The Morgan fingerprint density at radius 1 is 1.06 bits per heavy atom. The van der Waals surface area contributed by atoms with Crippen LogP contribution in [0.15, 0.2) is 54.6 Å². The van der Waals surface area contributed by atoms with Crippen molar-refractivity contribution >= 4 is 17.3 Å². The van der Waals surface area contributed by atoms with Crippen molar-refractivity contribution in [2.45, 2.75) is 53.6 Å². The van der Waals surface area contributed by atoms with Crippen LogP contribution in [-0.4, -0.2) is 22.7 Å². The number of hydrogen-bond acceptors (Lipinski definition) is 3. The van der Waals surface area contributed by atoms with E-state index >= 15 is 0 Å². The molecule has 0 unspecified atom stereocenters. The highest BCUT2D eigenvalue weighted by Crippen LogP contribution is 2.20. The third-order valence-electron chi connectivity index (χ3n) is 5.53. The minimum atomic E-state index is 0.0285. The summed E-state index contributed by atoms with van der Waals surface area (Å²) in [6, 6.07) is 18.4. The molecule has 1 heterocycles. The standard InChI is InChI=1S/C26H34N4O/c1-19(2)17-30-21(4)25(20(3)28-30)15-16-26(31)27-23-11-13-24(14-12-23)29(5)18-22-9-7-6-8-10-22/h6-14,19H,15-18H2,1-5H3,(H,27,31). The first-order chi connectivity index (χ1) is 14.8. The molecule has 164 valence electrons. The zero-order chi connectivity index (χ0) is 22.4. The molecule has 0 aliphatic rings. The van der Waals surface area contributed by atoms with Gasteiger partial charge in [-0.15, -0.1) is 0 Å². The monoisotopic (exact) mass is 418 g/mol. The van der Waals surface area contributed by atoms with E-state index in [2.05, 4.69) is 72.1 Å². The maximum absolute atomic E-state index is 12.5. The Balaban J connectivity index is 1.53. The van der Waals surface area contributed by atoms with E-state index in [0.29, 0.717) is 18.8 Å². The van der Waals surface area contributed by atoms with E-state index in [0.717, 1.165) is 30.2 Å². The van der Waals surface area contributed by atoms with E-state index < -0.39 is 0 Å². The van der Waals surface area contributed by atoms with E-state index in [1.54, 1.807) is 0 Å². The lowest BCUT2D eigenvalue weighted by molar-refractivity contribution is -0.116. The Morgan fingerprint density at radius 3 is 2.39 bits per heavy atom. The van der Waals surface area contributed by atoms with Gasteiger partial charge in [0.25, 0.3) is 0 Å². The predicted octanol–water partition coefficient (Wildman–Crippen LogP) is 5.36. The number of benzene rings is 2. The molecule has 0 saturated carbocycles. The lowest BCUT2D eigenvalue weighted by Crippen LogP contribution is -2.16. The summed E-state index contributed by atoms with van der Waals surface area (Å²) < 4.78 is 2.07. The number of aryl methyl sites for hydroxylation is 1. The van der Waals surface area contributed by atoms with Crippen molar-refractivity contribution in [3.63, 3.8) is 0 Å². The fourth-order valence-corrected chi connectivity index (χ4v) is 3.83. The predicted molar refractivity (Wildman–Crippen MR) is 128 cm³/mol. The molecule has 3 aromatic rings. The smallest absolute Gasteiger partial charge is 0.224 e. The second kappa shape index (κ2) is 10.3. The number of anilines is 2. The first kappa shape index (κ1) is 22.6. The second-order valence-electron chi connectivity index (χ2n) is 8.66. The molecular weight excluding hydrogens is 384 g/mol. The van der Waals surface area contributed by atoms with Crippen LogP contribution in [0, 0.1) is 19.8 Å². The van der Waals surface area contributed by atoms with E-state index in [4.69, 9.17) is 0 Å². The van der Waals surface area contributed by atoms with Crippen LogP contribution in [0.4, 0.5) is 11.4 Å². The molecule has 0 atom stereocenters. The van der Waals surface area contributed by atoms with Gasteiger partial charge in [-0.3, -0.25) is 9.48 Å². The summed E-state index contributed by atoms with van der Waals surface area (Å²) >= 11 is 0. The van der Waals surface area contributed by atoms with Gasteiger partial charge in [0.15, 0.2) is 0 Å². The summed E-state index contributed by atoms with van der Waals surface area (Å²) in [6.45, 7) is 10.3. The zero-order valence-electron chi connectivity index (χ0n) is 19.4. The SMILES string of the molecule is Cc1nn(CC(C)C)c(C)c1CCC(=O)Nc1ccc(N(C)Cc2ccccc2)cc1. The zero-order valence-corrected chi connectivity index (χ0v) is 19.4. The maximum atomic E-state index is 12.5. The molecule has 3 rings (SSSR count). The number of amides is 1. The summed E-state index contributed by atoms with van der Waals surface area (Å²) in [5.41, 5.74) is 6.59. The van der Waals surface area contributed by atoms with Crippen LogP contribution in [0.2, 0.25) is 0 Å². The molecule has 0 bridgehead atoms. The minimum Gasteiger partial charge on any atom is -0.370 e. The number of hydrogen-bond donors (Lipinski definition) is 1. The highest BCUT2D eigenvalue weighted by Gasteiger charge is 2.14. The molecule has 1 amide bonds. The Kier molecular flexibility index (Phi) is 7.50. The topological polar surface area (TPSA) is 50.2 Å². The number of aromatic nitrogens is 2. The first-order valence-electron chi connectivity index (χ1n) is 11.0. The molecule has 0 spiro atoms. The van der Waals surface area contributed by atoms with Crippen molar-refractivity contribution in [1.82, 2.24) is 9.78 Å². The normalized spacial score (nSPS) is 11.0. The van der Waals surface area contributed by atoms with Crippen LogP contribution < -0.4 is 10.2 Å². The van der Waals surface area contributed by atoms with E-state index in [-0.39, 0.29) is 5.91 Å². The molecule has 2 aromatic carbocycles. The van der Waals surface area contributed by atoms with Crippen molar-refractivity contribution in [1.29, 1.82) is 0 Å². The van der Waals surface area contributed by atoms with Gasteiger partial charge in [0.05, 0.1) is 5.69 Å². The van der Waals surface area contributed by atoms with Crippen LogP contribution in [0.3, 0.4) is 0 Å². The quantitative estimate of drug-likeness (QED) is 0.509. The third-order valence-corrected chi connectivity index (χ3v) is 5.53. The molecule has 5 heteroatoms. The lowest BCUT2D eigenvalue weighted by atomic mass is 10.1. The van der Waals surface area contributed by atoms with Crippen LogP contribution in [0.25, 0.3) is 0 Å². The largest absolute Gasteiger partial charge is 0.370 e. The van der Waals surface area contributed by atoms with E-state index in [1.165, 1.54) is 16.8 Å². The van der Waals surface area contributed by atoms with E-state index in [9.17, 15) is 4.79 Å². The fourth-order valence-electron chi connectivity index (χ4n) is 3.83. The van der Waals surface area contributed by atoms with Crippen LogP contribution >= 0.6 is 0 Å². The minimum absolute atomic E-state index is 0.0285. The second-order valence-corrected chi connectivity index (χ2v) is 8.66. The Hall–Kier alpha value is -3.08. The van der Waals surface area contributed by atoms with Crippen molar-refractivity contribution in [3.05, 3.63) is 77.1 Å². The van der Waals surface area contributed by atoms with Crippen LogP contribution in [-0.2, 0) is 24.3 Å². The van der Waals surface area contributed by atoms with Gasteiger partial charge in [-0.1, -0.05) is 44.2 Å². The Labute approximate surface area is 186 Å². The van der Waals surface area contributed by atoms with Crippen LogP contribution in [0.5, 0.6) is 0 Å². The number of nitrogens with one attached hydrogen (secondary N) is 1. The molecule has 0 fully saturated rings. The molecule has 0 saturated heterocycles. The molecule has 0 radical (unpaired) electrons. The number of carbonyl (C=O) groups is 1. The molecule has 0 aliphatic heterocycles. The number of nitrogens with zero attached hydrogens (tertiary/aromatic N) is 3. The maximum Gasteiger partial charge on any atom is 0.224 e. The van der Waals surface area contributed by atoms with Gasteiger partial charge in [-0.25, -0.2) is 0 Å². The van der Waals surface area contributed by atoms with E-state index in [1.807, 2.05) is 37.3 Å². The molecule has 1 aromatic heterocycles. The van der Waals surface area contributed by atoms with Crippen molar-refractivity contribution in [3.8, 4) is 0 Å². The molecular formula is C26H34N4O. The highest BCUT2D eigenvalue weighted by molar-refractivity contribution is 5.91. The average molecular weight is 419 g/mol. The molecule has 31 heavy (non-hydrogen) atoms. The van der Waals surface area contributed by atoms with Gasteiger partial charge < -0.3 is 10.2 Å². The van der Waals surface area contributed by atoms with Gasteiger partial charge in [0.2, 0.25) is 5.91 Å². The van der Waals surface area contributed by atoms with Gasteiger partial charge in [-0.2, -0.15) is 5.10 Å². The van der Waals surface area contributed by atoms with Gasteiger partial charge in [0, 0.05) is 43.6 Å². The van der Waals surface area contributed by atoms with Gasteiger partial charge in [0.1, 0.15) is 0 Å². The van der Waals surface area contributed by atoms with Crippen molar-refractivity contribution in [2.24, 2.45) is 5.92 Å². The molecule has 5 nitrogen and oxygen atoms in total. The summed E-state index contributed by atoms with van der Waals surface area (Å²) in [5.74, 6) is 0.574. The molecule has 0 aliphatic carbocycles. The van der Waals surface area contributed by atoms with Crippen molar-refractivity contribution in [2.75, 3.05) is 17.3 Å². The first-order valence-corrected chi connectivity index (χ1v) is 11.0. The molecule has 1 N–H and O–H groups in total. The number of carbonyl (C=O) groups excluding carboxylic acids is 1. The summed E-state index contributed by atoms with van der Waals surface area (Å²) in [5, 5.41) is 7.67. The third kappa shape index (κ3) is 6.20. The Bertz CT molecular complexity index is 990. The Morgan fingerprint density at radius 2 is 1.74 bits per heavy atom. The lowest BCUT2D eigenvalue weighted by Gasteiger charge is -2.19. The average Bonchev–Trinajstić information content (AvgIpc) is 2.99. The van der Waals surface area contributed by atoms with Gasteiger partial charge in [-0.05, 0) is 61.6 Å². The fraction of sp³-hybridized carbons (Fsp3) is 0.385. The van der Waals surface area contributed by atoms with Crippen molar-refractivity contribution < 1.29 is 4.79 Å². The summed E-state index contributed by atoms with van der Waals surface area (Å²) in [7, 11) is 2.07. The summed E-state index contributed by atoms with van der Waals surface area (Å²) in [6.07, 6.45) is 1.16. The van der Waals surface area contributed by atoms with Crippen LogP contribution in [0.1, 0.15) is 42.8 Å². The number of rotatable bonds is 9.